The molecular weight excluding hydrogens is 705 g/mol. The van der Waals surface area contributed by atoms with E-state index in [2.05, 4.69) is 208 Å². The van der Waals surface area contributed by atoms with E-state index in [9.17, 15) is 0 Å². The van der Waals surface area contributed by atoms with Crippen LogP contribution < -0.4 is 0 Å². The molecule has 8 aromatic carbocycles. The summed E-state index contributed by atoms with van der Waals surface area (Å²) in [7, 11) is 2.14. The number of benzene rings is 8. The lowest BCUT2D eigenvalue weighted by Crippen LogP contribution is -2.15. The van der Waals surface area contributed by atoms with Crippen LogP contribution in [-0.2, 0) is 17.9 Å². The number of para-hydroxylation sites is 2. The zero-order valence-electron chi connectivity index (χ0n) is 33.4. The first-order chi connectivity index (χ1) is 28.2. The molecule has 3 heteroatoms. The van der Waals surface area contributed by atoms with E-state index < -0.39 is 0 Å². The van der Waals surface area contributed by atoms with Crippen LogP contribution in [0.3, 0.4) is 0 Å². The fraction of sp³-hybridized carbons (Fsp3) is 0.127. The Kier molecular flexibility index (Phi) is 6.67. The van der Waals surface area contributed by atoms with E-state index in [1.165, 1.54) is 88.3 Å². The molecule has 0 saturated heterocycles. The Morgan fingerprint density at radius 3 is 1.43 bits per heavy atom. The van der Waals surface area contributed by atoms with Crippen molar-refractivity contribution in [3.63, 3.8) is 0 Å². The van der Waals surface area contributed by atoms with Gasteiger partial charge in [-0.2, -0.15) is 0 Å². The molecule has 3 heterocycles. The van der Waals surface area contributed by atoms with Crippen LogP contribution in [0.15, 0.2) is 168 Å². The Hall–Kier alpha value is -6.84. The van der Waals surface area contributed by atoms with Crippen molar-refractivity contribution in [3.8, 4) is 27.9 Å². The highest BCUT2D eigenvalue weighted by atomic mass is 16.3. The van der Waals surface area contributed by atoms with E-state index >= 15 is 0 Å². The third-order valence-corrected chi connectivity index (χ3v) is 13.6. The number of hydrogen-bond acceptors (Lipinski definition) is 1. The SMILES string of the molecule is CC1(C)c2ccccc2-c2ccccc21.Cn1c2ccccc2c2c3oc4c(ccc5c4c4ccccc4n5-c4ccc5c(c4)C(C)(C)c4ccccc4-5)c3ccc21. The van der Waals surface area contributed by atoms with Gasteiger partial charge in [0.15, 0.2) is 0 Å². The molecule has 2 aliphatic rings. The van der Waals surface area contributed by atoms with Crippen LogP contribution >= 0.6 is 0 Å². The van der Waals surface area contributed by atoms with Gasteiger partial charge in [-0.3, -0.25) is 0 Å². The topological polar surface area (TPSA) is 23.0 Å². The van der Waals surface area contributed by atoms with Crippen molar-refractivity contribution < 1.29 is 4.42 Å². The molecule has 0 fully saturated rings. The van der Waals surface area contributed by atoms with Gasteiger partial charge in [-0.25, -0.2) is 0 Å². The second kappa shape index (κ2) is 11.6. The summed E-state index contributed by atoms with van der Waals surface area (Å²) >= 11 is 0. The van der Waals surface area contributed by atoms with Crippen molar-refractivity contribution in [1.29, 1.82) is 0 Å². The number of nitrogens with zero attached hydrogens (tertiary/aromatic N) is 2. The number of aryl methyl sites for hydroxylation is 1. The molecule has 11 aromatic rings. The molecule has 0 N–H and O–H groups in total. The Balaban J connectivity index is 0.000000205. The predicted molar refractivity (Wildman–Crippen MR) is 244 cm³/mol. The summed E-state index contributed by atoms with van der Waals surface area (Å²) in [6.45, 7) is 9.30. The molecule has 0 saturated carbocycles. The Labute approximate surface area is 337 Å². The van der Waals surface area contributed by atoms with Gasteiger partial charge < -0.3 is 13.6 Å². The summed E-state index contributed by atoms with van der Waals surface area (Å²) in [5.41, 5.74) is 19.1. The summed E-state index contributed by atoms with van der Waals surface area (Å²) in [5.74, 6) is 0. The molecule has 0 aliphatic heterocycles. The number of fused-ring (bicyclic) bond motifs is 17. The van der Waals surface area contributed by atoms with Gasteiger partial charge in [0.05, 0.1) is 27.3 Å². The van der Waals surface area contributed by atoms with Gasteiger partial charge in [0, 0.05) is 50.6 Å². The first-order valence-electron chi connectivity index (χ1n) is 20.4. The normalized spacial score (nSPS) is 14.6. The zero-order chi connectivity index (χ0) is 39.1. The van der Waals surface area contributed by atoms with Crippen LogP contribution in [-0.4, -0.2) is 9.13 Å². The van der Waals surface area contributed by atoms with Gasteiger partial charge in [-0.05, 0) is 93.0 Å². The number of hydrogen-bond donors (Lipinski definition) is 0. The lowest BCUT2D eigenvalue weighted by atomic mass is 9.82. The minimum absolute atomic E-state index is 0.0590. The minimum Gasteiger partial charge on any atom is -0.455 e. The van der Waals surface area contributed by atoms with Gasteiger partial charge in [0.25, 0.3) is 0 Å². The zero-order valence-corrected chi connectivity index (χ0v) is 33.4. The Bertz CT molecular complexity index is 3480. The summed E-state index contributed by atoms with van der Waals surface area (Å²) in [6, 6.07) is 59.7. The summed E-state index contributed by atoms with van der Waals surface area (Å²) in [5, 5.41) is 7.11. The maximum absolute atomic E-state index is 6.98. The van der Waals surface area contributed by atoms with Gasteiger partial charge in [0.2, 0.25) is 0 Å². The maximum Gasteiger partial charge on any atom is 0.145 e. The predicted octanol–water partition coefficient (Wildman–Crippen LogP) is 14.6. The number of rotatable bonds is 1. The van der Waals surface area contributed by atoms with E-state index in [-0.39, 0.29) is 10.8 Å². The van der Waals surface area contributed by atoms with Crippen LogP contribution in [0.5, 0.6) is 0 Å². The maximum atomic E-state index is 6.98. The highest BCUT2D eigenvalue weighted by Gasteiger charge is 2.36. The lowest BCUT2D eigenvalue weighted by molar-refractivity contribution is 0.660. The van der Waals surface area contributed by atoms with Crippen molar-refractivity contribution in [2.45, 2.75) is 38.5 Å². The quantitative estimate of drug-likeness (QED) is 0.164. The van der Waals surface area contributed by atoms with E-state index in [0.717, 1.165) is 27.5 Å². The molecule has 3 aromatic heterocycles. The summed E-state index contributed by atoms with van der Waals surface area (Å²) < 4.78 is 11.7. The summed E-state index contributed by atoms with van der Waals surface area (Å²) in [6.07, 6.45) is 0. The van der Waals surface area contributed by atoms with Crippen LogP contribution in [0, 0.1) is 0 Å². The monoisotopic (exact) mass is 746 g/mol. The average molecular weight is 747 g/mol. The Morgan fingerprint density at radius 1 is 0.379 bits per heavy atom. The van der Waals surface area contributed by atoms with E-state index in [1.54, 1.807) is 0 Å². The smallest absolute Gasteiger partial charge is 0.145 e. The first kappa shape index (κ1) is 33.3. The third-order valence-electron chi connectivity index (χ3n) is 13.6. The second-order valence-electron chi connectivity index (χ2n) is 17.3. The summed E-state index contributed by atoms with van der Waals surface area (Å²) in [4.78, 5) is 0. The van der Waals surface area contributed by atoms with Crippen LogP contribution in [0.25, 0.3) is 93.5 Å². The van der Waals surface area contributed by atoms with Crippen LogP contribution in [0.4, 0.5) is 0 Å². The fourth-order valence-corrected chi connectivity index (χ4v) is 10.8. The van der Waals surface area contributed by atoms with Crippen LogP contribution in [0.2, 0.25) is 0 Å². The van der Waals surface area contributed by atoms with E-state index in [0.29, 0.717) is 0 Å². The van der Waals surface area contributed by atoms with Crippen molar-refractivity contribution >= 4 is 65.6 Å². The largest absolute Gasteiger partial charge is 0.455 e. The number of aromatic nitrogens is 2. The standard InChI is InChI=1S/C40H28N2O.C15H14/c1-40(2)30-13-7-4-10-24(30)25-17-16-23(22-31(25)40)42-33-15-9-6-12-29(33)37-35(42)21-19-27-26-18-20-34-36(38(26)43-39(27)37)28-11-5-8-14-32(28)41(34)3;1-15(2)13-9-5-3-7-11(13)12-8-4-6-10-14(12)15/h4-22H,1-3H3;3-10H,1-2H3. The molecule has 58 heavy (non-hydrogen) atoms. The van der Waals surface area contributed by atoms with Gasteiger partial charge in [0.1, 0.15) is 11.2 Å². The molecule has 13 rings (SSSR count). The average Bonchev–Trinajstić information content (AvgIpc) is 4.00. The molecule has 0 spiro atoms. The molecule has 0 amide bonds. The molecular formula is C55H42N2O. The molecule has 0 radical (unpaired) electrons. The molecule has 2 aliphatic carbocycles. The fourth-order valence-electron chi connectivity index (χ4n) is 10.8. The molecule has 3 nitrogen and oxygen atoms in total. The van der Waals surface area contributed by atoms with E-state index in [4.69, 9.17) is 4.42 Å². The Morgan fingerprint density at radius 2 is 0.828 bits per heavy atom. The van der Waals surface area contributed by atoms with Gasteiger partial charge in [-0.15, -0.1) is 0 Å². The lowest BCUT2D eigenvalue weighted by Gasteiger charge is -2.22. The van der Waals surface area contributed by atoms with Crippen molar-refractivity contribution in [3.05, 3.63) is 186 Å². The van der Waals surface area contributed by atoms with Crippen molar-refractivity contribution in [2.75, 3.05) is 0 Å². The van der Waals surface area contributed by atoms with Crippen molar-refractivity contribution in [1.82, 2.24) is 9.13 Å². The van der Waals surface area contributed by atoms with Gasteiger partial charge >= 0.3 is 0 Å². The second-order valence-corrected chi connectivity index (χ2v) is 17.3. The molecule has 0 unspecified atom stereocenters. The molecule has 278 valence electrons. The first-order valence-corrected chi connectivity index (χ1v) is 20.4. The van der Waals surface area contributed by atoms with Crippen LogP contribution in [0.1, 0.15) is 49.9 Å². The van der Waals surface area contributed by atoms with E-state index in [1.807, 2.05) is 0 Å². The van der Waals surface area contributed by atoms with Gasteiger partial charge in [-0.1, -0.05) is 143 Å². The minimum atomic E-state index is -0.0590. The highest BCUT2D eigenvalue weighted by Crippen LogP contribution is 2.51. The third kappa shape index (κ3) is 4.28. The molecule has 0 bridgehead atoms. The highest BCUT2D eigenvalue weighted by molar-refractivity contribution is 6.28. The van der Waals surface area contributed by atoms with Crippen molar-refractivity contribution in [2.24, 2.45) is 7.05 Å². The number of furan rings is 1. The molecule has 0 atom stereocenters.